The van der Waals surface area contributed by atoms with Gasteiger partial charge in [-0.25, -0.2) is 0 Å². The molecule has 0 spiro atoms. The molecule has 1 unspecified atom stereocenters. The first kappa shape index (κ1) is 8.30. The van der Waals surface area contributed by atoms with Gasteiger partial charge in [0.2, 0.25) is 0 Å². The van der Waals surface area contributed by atoms with Gasteiger partial charge < -0.3 is 4.90 Å². The molecule has 2 heteroatoms. The van der Waals surface area contributed by atoms with Crippen LogP contribution in [-0.4, -0.2) is 24.4 Å². The monoisotopic (exact) mass is 175 g/mol. The maximum Gasteiger partial charge on any atom is 0.253 e. The van der Waals surface area contributed by atoms with E-state index >= 15 is 0 Å². The topological polar surface area (TPSA) is 20.3 Å². The van der Waals surface area contributed by atoms with Crippen LogP contribution in [0.4, 0.5) is 0 Å². The molecule has 1 atom stereocenters. The zero-order valence-corrected chi connectivity index (χ0v) is 7.95. The van der Waals surface area contributed by atoms with Crippen molar-refractivity contribution in [3.05, 3.63) is 35.4 Å². The van der Waals surface area contributed by atoms with Crippen LogP contribution in [0.2, 0.25) is 0 Å². The fourth-order valence-corrected chi connectivity index (χ4v) is 1.92. The van der Waals surface area contributed by atoms with Gasteiger partial charge in [-0.15, -0.1) is 0 Å². The van der Waals surface area contributed by atoms with E-state index in [1.165, 1.54) is 5.56 Å². The zero-order valence-electron chi connectivity index (χ0n) is 7.95. The number of rotatable bonds is 0. The predicted octanol–water partition coefficient (Wildman–Crippen LogP) is 1.88. The molecule has 68 valence electrons. The van der Waals surface area contributed by atoms with Crippen molar-refractivity contribution >= 4 is 5.91 Å². The van der Waals surface area contributed by atoms with Gasteiger partial charge in [-0.1, -0.05) is 25.1 Å². The maximum atomic E-state index is 11.7. The molecule has 2 rings (SSSR count). The number of fused-ring (bicyclic) bond motifs is 1. The minimum Gasteiger partial charge on any atom is -0.341 e. The van der Waals surface area contributed by atoms with Crippen molar-refractivity contribution in [2.75, 3.05) is 13.6 Å². The summed E-state index contributed by atoms with van der Waals surface area (Å²) in [5.74, 6) is 0.604. The lowest BCUT2D eigenvalue weighted by molar-refractivity contribution is 0.0768. The molecular weight excluding hydrogens is 162 g/mol. The van der Waals surface area contributed by atoms with Gasteiger partial charge in [0.1, 0.15) is 0 Å². The van der Waals surface area contributed by atoms with Crippen LogP contribution in [0.25, 0.3) is 0 Å². The SMILES string of the molecule is CC1CN(C)C(=O)c2ccccc21. The molecule has 0 bridgehead atoms. The number of carbonyl (C=O) groups excluding carboxylic acids is 1. The Morgan fingerprint density at radius 1 is 1.38 bits per heavy atom. The van der Waals surface area contributed by atoms with Gasteiger partial charge in [-0.05, 0) is 17.5 Å². The Kier molecular flexibility index (Phi) is 1.83. The summed E-state index contributed by atoms with van der Waals surface area (Å²) in [6, 6.07) is 7.87. The standard InChI is InChI=1S/C11H13NO/c1-8-7-12(2)11(13)10-6-4-3-5-9(8)10/h3-6,8H,7H2,1-2H3. The van der Waals surface area contributed by atoms with Gasteiger partial charge in [0.25, 0.3) is 5.91 Å². The summed E-state index contributed by atoms with van der Waals surface area (Å²) in [6.45, 7) is 2.98. The summed E-state index contributed by atoms with van der Waals surface area (Å²) in [6.07, 6.45) is 0. The van der Waals surface area contributed by atoms with Crippen molar-refractivity contribution in [2.24, 2.45) is 0 Å². The lowest BCUT2D eigenvalue weighted by Gasteiger charge is -2.29. The second kappa shape index (κ2) is 2.87. The molecule has 1 aliphatic rings. The fourth-order valence-electron chi connectivity index (χ4n) is 1.92. The Hall–Kier alpha value is -1.31. The molecule has 1 aromatic carbocycles. The van der Waals surface area contributed by atoms with E-state index in [-0.39, 0.29) is 5.91 Å². The van der Waals surface area contributed by atoms with E-state index in [9.17, 15) is 4.79 Å². The molecule has 0 aromatic heterocycles. The third kappa shape index (κ3) is 1.22. The maximum absolute atomic E-state index is 11.7. The van der Waals surface area contributed by atoms with Crippen LogP contribution in [0, 0.1) is 0 Å². The van der Waals surface area contributed by atoms with Crippen LogP contribution in [0.5, 0.6) is 0 Å². The molecular formula is C11H13NO. The third-order valence-electron chi connectivity index (χ3n) is 2.62. The first-order valence-corrected chi connectivity index (χ1v) is 4.54. The molecule has 1 aliphatic heterocycles. The summed E-state index contributed by atoms with van der Waals surface area (Å²) in [5, 5.41) is 0. The Labute approximate surface area is 78.2 Å². The fraction of sp³-hybridized carbons (Fsp3) is 0.364. The van der Waals surface area contributed by atoms with E-state index < -0.39 is 0 Å². The van der Waals surface area contributed by atoms with E-state index in [2.05, 4.69) is 6.92 Å². The largest absolute Gasteiger partial charge is 0.341 e. The predicted molar refractivity (Wildman–Crippen MR) is 51.8 cm³/mol. The Balaban J connectivity index is 2.54. The van der Waals surface area contributed by atoms with Gasteiger partial charge in [0.05, 0.1) is 0 Å². The highest BCUT2D eigenvalue weighted by atomic mass is 16.2. The van der Waals surface area contributed by atoms with Gasteiger partial charge in [-0.3, -0.25) is 4.79 Å². The van der Waals surface area contributed by atoms with Gasteiger partial charge >= 0.3 is 0 Å². The highest BCUT2D eigenvalue weighted by molar-refractivity contribution is 5.96. The molecule has 0 saturated heterocycles. The van der Waals surface area contributed by atoms with Crippen molar-refractivity contribution in [1.82, 2.24) is 4.90 Å². The minimum atomic E-state index is 0.147. The van der Waals surface area contributed by atoms with Gasteiger partial charge in [-0.2, -0.15) is 0 Å². The van der Waals surface area contributed by atoms with Crippen LogP contribution < -0.4 is 0 Å². The number of hydrogen-bond acceptors (Lipinski definition) is 1. The van der Waals surface area contributed by atoms with E-state index in [1.807, 2.05) is 31.3 Å². The second-order valence-corrected chi connectivity index (χ2v) is 3.67. The molecule has 2 nitrogen and oxygen atoms in total. The molecule has 13 heavy (non-hydrogen) atoms. The molecule has 1 heterocycles. The number of hydrogen-bond donors (Lipinski definition) is 0. The molecule has 1 aromatic rings. The molecule has 0 saturated carbocycles. The smallest absolute Gasteiger partial charge is 0.253 e. The minimum absolute atomic E-state index is 0.147. The van der Waals surface area contributed by atoms with Gasteiger partial charge in [0, 0.05) is 19.2 Å². The second-order valence-electron chi connectivity index (χ2n) is 3.67. The van der Waals surface area contributed by atoms with Gasteiger partial charge in [0.15, 0.2) is 0 Å². The Bertz CT molecular complexity index is 346. The van der Waals surface area contributed by atoms with E-state index in [1.54, 1.807) is 4.90 Å². The first-order chi connectivity index (χ1) is 6.20. The van der Waals surface area contributed by atoms with E-state index in [0.717, 1.165) is 12.1 Å². The summed E-state index contributed by atoms with van der Waals surface area (Å²) in [7, 11) is 1.86. The van der Waals surface area contributed by atoms with Crippen molar-refractivity contribution in [1.29, 1.82) is 0 Å². The summed E-state index contributed by atoms with van der Waals surface area (Å²) >= 11 is 0. The summed E-state index contributed by atoms with van der Waals surface area (Å²) in [5.41, 5.74) is 2.05. The highest BCUT2D eigenvalue weighted by Crippen LogP contribution is 2.26. The van der Waals surface area contributed by atoms with Crippen LogP contribution in [0.15, 0.2) is 24.3 Å². The summed E-state index contributed by atoms with van der Waals surface area (Å²) < 4.78 is 0. The Morgan fingerprint density at radius 3 is 2.85 bits per heavy atom. The number of benzene rings is 1. The highest BCUT2D eigenvalue weighted by Gasteiger charge is 2.25. The molecule has 0 fully saturated rings. The molecule has 0 N–H and O–H groups in total. The Morgan fingerprint density at radius 2 is 2.08 bits per heavy atom. The van der Waals surface area contributed by atoms with Crippen molar-refractivity contribution in [2.45, 2.75) is 12.8 Å². The average molecular weight is 175 g/mol. The van der Waals surface area contributed by atoms with Crippen LogP contribution in [-0.2, 0) is 0 Å². The third-order valence-corrected chi connectivity index (χ3v) is 2.62. The van der Waals surface area contributed by atoms with Crippen molar-refractivity contribution in [3.63, 3.8) is 0 Å². The average Bonchev–Trinajstić information content (AvgIpc) is 2.15. The molecule has 0 radical (unpaired) electrons. The first-order valence-electron chi connectivity index (χ1n) is 4.54. The number of amides is 1. The lowest BCUT2D eigenvalue weighted by Crippen LogP contribution is -2.35. The summed E-state index contributed by atoms with van der Waals surface area (Å²) in [4.78, 5) is 13.5. The van der Waals surface area contributed by atoms with Crippen molar-refractivity contribution < 1.29 is 4.79 Å². The van der Waals surface area contributed by atoms with Crippen LogP contribution in [0.1, 0.15) is 28.8 Å². The molecule has 0 aliphatic carbocycles. The van der Waals surface area contributed by atoms with Crippen LogP contribution in [0.3, 0.4) is 0 Å². The normalized spacial score (nSPS) is 21.5. The zero-order chi connectivity index (χ0) is 9.42. The van der Waals surface area contributed by atoms with E-state index in [0.29, 0.717) is 5.92 Å². The quantitative estimate of drug-likeness (QED) is 0.589. The van der Waals surface area contributed by atoms with Crippen LogP contribution >= 0.6 is 0 Å². The van der Waals surface area contributed by atoms with Crippen molar-refractivity contribution in [3.8, 4) is 0 Å². The molecule has 1 amide bonds. The number of likely N-dealkylation sites (N-methyl/N-ethyl adjacent to an activating group) is 1. The number of nitrogens with zero attached hydrogens (tertiary/aromatic N) is 1. The van der Waals surface area contributed by atoms with E-state index in [4.69, 9.17) is 0 Å². The lowest BCUT2D eigenvalue weighted by atomic mass is 9.91. The number of carbonyl (C=O) groups is 1.